The van der Waals surface area contributed by atoms with Crippen molar-refractivity contribution in [2.75, 3.05) is 13.2 Å². The fraction of sp³-hybridized carbons (Fsp3) is 0.391. The second-order valence-electron chi connectivity index (χ2n) is 18.2. The van der Waals surface area contributed by atoms with Crippen molar-refractivity contribution in [3.05, 3.63) is 123 Å². The van der Waals surface area contributed by atoms with Crippen molar-refractivity contribution in [3.63, 3.8) is 0 Å². The van der Waals surface area contributed by atoms with Crippen LogP contribution in [-0.2, 0) is 10.2 Å². The molecule has 3 aliphatic rings. The smallest absolute Gasteiger partial charge is 0.338 e. The first-order chi connectivity index (χ1) is 28.1. The third-order valence-electron chi connectivity index (χ3n) is 12.8. The van der Waals surface area contributed by atoms with E-state index in [0.29, 0.717) is 64.2 Å². The van der Waals surface area contributed by atoms with Crippen molar-refractivity contribution in [2.24, 2.45) is 0 Å². The molecule has 4 aromatic heterocycles. The Morgan fingerprint density at radius 3 is 2.41 bits per heavy atom. The number of benzene rings is 3. The van der Waals surface area contributed by atoms with Crippen LogP contribution < -0.4 is 5.69 Å². The van der Waals surface area contributed by atoms with Crippen molar-refractivity contribution < 1.29 is 18.3 Å². The zero-order valence-corrected chi connectivity index (χ0v) is 34.4. The van der Waals surface area contributed by atoms with E-state index < -0.39 is 23.0 Å². The SMILES string of the molecule is Cc1cc(-n2nc3c(c2-n2ccn(-c4cc5cnn(C6CC6)c5cc4F)c2=O)[C@H](C)N(C(=O)c2cc4cc([C@H]5CCOC(C)(C)C5)ccc4[nH]2)CC3(C)C)cc(C)c1F. The molecule has 10 rings (SSSR count). The highest BCUT2D eigenvalue weighted by Crippen LogP contribution is 2.44. The molecule has 2 atom stereocenters. The van der Waals surface area contributed by atoms with Crippen molar-refractivity contribution in [1.82, 2.24) is 38.6 Å². The summed E-state index contributed by atoms with van der Waals surface area (Å²) in [5, 5.41) is 11.4. The number of halogens is 2. The van der Waals surface area contributed by atoms with Gasteiger partial charge in [-0.2, -0.15) is 10.2 Å². The van der Waals surface area contributed by atoms with E-state index in [0.717, 1.165) is 42.0 Å². The number of rotatable bonds is 6. The Morgan fingerprint density at radius 2 is 1.68 bits per heavy atom. The topological polar surface area (TPSA) is 108 Å². The van der Waals surface area contributed by atoms with Crippen LogP contribution in [0.4, 0.5) is 8.78 Å². The summed E-state index contributed by atoms with van der Waals surface area (Å²) in [6.07, 6.45) is 8.73. The molecule has 11 nitrogen and oxygen atoms in total. The predicted octanol–water partition coefficient (Wildman–Crippen LogP) is 9.04. The van der Waals surface area contributed by atoms with E-state index >= 15 is 8.78 Å². The van der Waals surface area contributed by atoms with Crippen molar-refractivity contribution in [2.45, 2.75) is 103 Å². The molecule has 0 bridgehead atoms. The first kappa shape index (κ1) is 37.5. The maximum atomic E-state index is 16.0. The number of hydrogen-bond acceptors (Lipinski definition) is 5. The maximum absolute atomic E-state index is 16.0. The Hall–Kier alpha value is -5.82. The first-order valence-corrected chi connectivity index (χ1v) is 20.5. The number of amides is 1. The Kier molecular flexibility index (Phi) is 8.31. The standard InChI is InChI=1S/C46H48F2N8O3/c1-25-16-33(17-26(2)40(25)48)56-42(53-14-13-52(44(53)58)38-20-31-23-49-55(32-9-10-32)37(31)21-34(38)47)39-27(3)54(24-45(4,5)41(39)51-56)43(57)36-19-30-18-28(8-11-35(30)50-36)29-12-15-59-46(6,7)22-29/h8,11,13-14,16-21,23,27,29,32,50H,9-10,12,15,22,24H2,1-7H3/t27-,29-/m0/s1. The van der Waals surface area contributed by atoms with Gasteiger partial charge in [-0.3, -0.25) is 18.6 Å². The summed E-state index contributed by atoms with van der Waals surface area (Å²) in [5.74, 6) is -0.283. The van der Waals surface area contributed by atoms with Crippen LogP contribution in [0, 0.1) is 25.5 Å². The average Bonchev–Trinajstić information content (AvgIpc) is 3.48. The first-order valence-electron chi connectivity index (χ1n) is 20.5. The molecule has 0 unspecified atom stereocenters. The number of H-pyrrole nitrogens is 1. The molecule has 1 N–H and O–H groups in total. The molecular weight excluding hydrogens is 751 g/mol. The lowest BCUT2D eigenvalue weighted by Crippen LogP contribution is -2.47. The third-order valence-corrected chi connectivity index (χ3v) is 12.8. The Balaban J connectivity index is 1.08. The van der Waals surface area contributed by atoms with Crippen LogP contribution >= 0.6 is 0 Å². The lowest BCUT2D eigenvalue weighted by Gasteiger charge is -2.41. The number of aromatic amines is 1. The van der Waals surface area contributed by atoms with E-state index in [2.05, 4.69) is 42.1 Å². The van der Waals surface area contributed by atoms with Gasteiger partial charge < -0.3 is 14.6 Å². The Bertz CT molecular complexity index is 2900. The molecule has 6 heterocycles. The Labute approximate surface area is 340 Å². The van der Waals surface area contributed by atoms with Gasteiger partial charge in [-0.25, -0.2) is 18.3 Å². The average molecular weight is 799 g/mol. The molecule has 7 aromatic rings. The quantitative estimate of drug-likeness (QED) is 0.181. The lowest BCUT2D eigenvalue weighted by molar-refractivity contribution is -0.0592. The number of nitrogens with zero attached hydrogens (tertiary/aromatic N) is 7. The summed E-state index contributed by atoms with van der Waals surface area (Å²) in [4.78, 5) is 34.6. The van der Waals surface area contributed by atoms with Gasteiger partial charge in [0.1, 0.15) is 23.1 Å². The number of carbonyl (C=O) groups excluding carboxylic acids is 1. The summed E-state index contributed by atoms with van der Waals surface area (Å²) < 4.78 is 43.3. The minimum Gasteiger partial charge on any atom is -0.376 e. The van der Waals surface area contributed by atoms with Crippen molar-refractivity contribution >= 4 is 27.7 Å². The third kappa shape index (κ3) is 6.07. The molecular formula is C46H48F2N8O3. The second kappa shape index (κ2) is 13.1. The maximum Gasteiger partial charge on any atom is 0.338 e. The number of aryl methyl sites for hydroxylation is 2. The van der Waals surface area contributed by atoms with E-state index in [1.54, 1.807) is 55.3 Å². The minimum absolute atomic E-state index is 0.0951. The van der Waals surface area contributed by atoms with Gasteiger partial charge in [-0.15, -0.1) is 0 Å². The number of imidazole rings is 1. The zero-order chi connectivity index (χ0) is 41.3. The highest BCUT2D eigenvalue weighted by atomic mass is 19.1. The summed E-state index contributed by atoms with van der Waals surface area (Å²) >= 11 is 0. The van der Waals surface area contributed by atoms with Crippen LogP contribution in [0.15, 0.2) is 71.9 Å². The number of ether oxygens (including phenoxy) is 1. The van der Waals surface area contributed by atoms with E-state index in [-0.39, 0.29) is 29.1 Å². The van der Waals surface area contributed by atoms with Gasteiger partial charge in [-0.05, 0) is 119 Å². The monoisotopic (exact) mass is 798 g/mol. The lowest BCUT2D eigenvalue weighted by atomic mass is 9.80. The van der Waals surface area contributed by atoms with Crippen molar-refractivity contribution in [1.29, 1.82) is 0 Å². The number of aromatic nitrogens is 7. The van der Waals surface area contributed by atoms with Gasteiger partial charge >= 0.3 is 5.69 Å². The highest BCUT2D eigenvalue weighted by molar-refractivity contribution is 5.98. The molecule has 13 heteroatoms. The van der Waals surface area contributed by atoms with Crippen LogP contribution in [0.2, 0.25) is 0 Å². The van der Waals surface area contributed by atoms with Crippen LogP contribution in [0.5, 0.6) is 0 Å². The number of nitrogens with one attached hydrogen (secondary N) is 1. The van der Waals surface area contributed by atoms with Gasteiger partial charge in [-0.1, -0.05) is 19.9 Å². The van der Waals surface area contributed by atoms with E-state index in [4.69, 9.17) is 9.84 Å². The molecule has 1 saturated carbocycles. The van der Waals surface area contributed by atoms with E-state index in [9.17, 15) is 9.59 Å². The van der Waals surface area contributed by atoms with Gasteiger partial charge in [0.25, 0.3) is 5.91 Å². The van der Waals surface area contributed by atoms with E-state index in [1.807, 2.05) is 36.4 Å². The molecule has 1 saturated heterocycles. The second-order valence-corrected chi connectivity index (χ2v) is 18.2. The normalized spacial score (nSPS) is 20.1. The largest absolute Gasteiger partial charge is 0.376 e. The van der Waals surface area contributed by atoms with Crippen molar-refractivity contribution in [3.8, 4) is 17.2 Å². The molecule has 1 aliphatic carbocycles. The summed E-state index contributed by atoms with van der Waals surface area (Å²) in [5.41, 5.74) is 4.79. The fourth-order valence-corrected chi connectivity index (χ4v) is 9.57. The molecule has 304 valence electrons. The molecule has 2 aliphatic heterocycles. The van der Waals surface area contributed by atoms with Crippen LogP contribution in [0.25, 0.3) is 39.0 Å². The number of fused-ring (bicyclic) bond motifs is 3. The minimum atomic E-state index is -0.665. The molecule has 2 fully saturated rings. The van der Waals surface area contributed by atoms with Gasteiger partial charge in [0.2, 0.25) is 0 Å². The molecule has 3 aromatic carbocycles. The van der Waals surface area contributed by atoms with E-state index in [1.165, 1.54) is 20.8 Å². The molecule has 59 heavy (non-hydrogen) atoms. The van der Waals surface area contributed by atoms with Gasteiger partial charge in [0, 0.05) is 58.9 Å². The van der Waals surface area contributed by atoms with Crippen LogP contribution in [-0.4, -0.2) is 63.2 Å². The summed E-state index contributed by atoms with van der Waals surface area (Å²) in [7, 11) is 0. The number of carbonyl (C=O) groups is 1. The molecule has 1 amide bonds. The number of hydrogen-bond donors (Lipinski definition) is 1. The highest BCUT2D eigenvalue weighted by Gasteiger charge is 2.44. The van der Waals surface area contributed by atoms with Gasteiger partial charge in [0.05, 0.1) is 46.5 Å². The predicted molar refractivity (Wildman–Crippen MR) is 222 cm³/mol. The zero-order valence-electron chi connectivity index (χ0n) is 34.4. The Morgan fingerprint density at radius 1 is 0.932 bits per heavy atom. The van der Waals surface area contributed by atoms with Crippen LogP contribution in [0.1, 0.15) is 117 Å². The molecule has 0 radical (unpaired) electrons. The summed E-state index contributed by atoms with van der Waals surface area (Å²) in [6, 6.07) is 14.5. The summed E-state index contributed by atoms with van der Waals surface area (Å²) in [6.45, 7) is 14.7. The fourth-order valence-electron chi connectivity index (χ4n) is 9.57. The van der Waals surface area contributed by atoms with Crippen LogP contribution in [0.3, 0.4) is 0 Å². The molecule has 0 spiro atoms. The van der Waals surface area contributed by atoms with Gasteiger partial charge in [0.15, 0.2) is 0 Å².